The van der Waals surface area contributed by atoms with Crippen LogP contribution in [0.4, 0.5) is 11.4 Å². The van der Waals surface area contributed by atoms with Crippen LogP contribution in [0.2, 0.25) is 0 Å². The number of nitrogens with zero attached hydrogens (tertiary/aromatic N) is 1. The maximum Gasteiger partial charge on any atom is 0.269 e. The van der Waals surface area contributed by atoms with E-state index >= 15 is 0 Å². The number of sulfonamides is 1. The van der Waals surface area contributed by atoms with Crippen molar-refractivity contribution >= 4 is 50.1 Å². The quantitative estimate of drug-likeness (QED) is 0.0919. The van der Waals surface area contributed by atoms with Crippen LogP contribution < -0.4 is 24.8 Å². The molecule has 202 valence electrons. The minimum absolute atomic E-state index is 0.0404. The van der Waals surface area contributed by atoms with Crippen molar-refractivity contribution in [1.29, 1.82) is 0 Å². The highest BCUT2D eigenvalue weighted by Crippen LogP contribution is 2.38. The smallest absolute Gasteiger partial charge is 0.269 e. The number of methoxy groups -OCH3 is 1. The Morgan fingerprint density at radius 2 is 1.74 bits per heavy atom. The largest absolute Gasteiger partial charge is 0.497 e. The molecule has 0 saturated heterocycles. The number of thiophene rings is 1. The molecule has 0 unspecified atom stereocenters. The number of nitrogens with one attached hydrogen (secondary N) is 3. The lowest BCUT2D eigenvalue weighted by atomic mass is 10.1. The molecule has 0 atom stereocenters. The highest BCUT2D eigenvalue weighted by Gasteiger charge is 2.18. The van der Waals surface area contributed by atoms with Gasteiger partial charge in [0, 0.05) is 47.4 Å². The molecule has 10 nitrogen and oxygen atoms in total. The molecule has 0 radical (unpaired) electrons. The zero-order valence-electron chi connectivity index (χ0n) is 20.6. The Balaban J connectivity index is 1.35. The number of anilines is 1. The summed E-state index contributed by atoms with van der Waals surface area (Å²) in [5.74, 6) is 1.60. The lowest BCUT2D eigenvalue weighted by Crippen LogP contribution is -2.36. The van der Waals surface area contributed by atoms with Gasteiger partial charge < -0.3 is 20.1 Å². The maximum atomic E-state index is 12.9. The Kier molecular flexibility index (Phi) is 9.09. The van der Waals surface area contributed by atoms with Gasteiger partial charge in [-0.3, -0.25) is 10.1 Å². The summed E-state index contributed by atoms with van der Waals surface area (Å²) in [5.41, 5.74) is 1.40. The lowest BCUT2D eigenvalue weighted by molar-refractivity contribution is -0.384. The van der Waals surface area contributed by atoms with Crippen LogP contribution in [0.5, 0.6) is 17.2 Å². The average molecular weight is 585 g/mol. The second-order valence-electron chi connectivity index (χ2n) is 7.98. The van der Waals surface area contributed by atoms with Gasteiger partial charge in [-0.15, -0.1) is 11.3 Å². The number of para-hydroxylation sites is 1. The van der Waals surface area contributed by atoms with Crippen molar-refractivity contribution in [2.45, 2.75) is 4.21 Å². The number of nitro groups is 1. The van der Waals surface area contributed by atoms with Crippen LogP contribution >= 0.6 is 23.6 Å². The standard InChI is InChI=1S/C26H24N4O6S3/c1-35-21-6-4-5-18(17-21)29-26(37)27-15-16-28-39(33,34)25-14-13-24(38-25)22-7-2-3-8-23(22)36-20-11-9-19(10-12-20)30(31)32/h2-14,17,28H,15-16H2,1H3,(H2,27,29,37). The number of hydrogen-bond acceptors (Lipinski definition) is 8. The molecule has 1 aromatic heterocycles. The fourth-order valence-electron chi connectivity index (χ4n) is 3.44. The zero-order chi connectivity index (χ0) is 27.8. The maximum absolute atomic E-state index is 12.9. The Hall–Kier alpha value is -4.04. The van der Waals surface area contributed by atoms with Gasteiger partial charge >= 0.3 is 0 Å². The summed E-state index contributed by atoms with van der Waals surface area (Å²) in [7, 11) is -2.18. The van der Waals surface area contributed by atoms with Crippen LogP contribution in [0.3, 0.4) is 0 Å². The molecule has 0 spiro atoms. The van der Waals surface area contributed by atoms with Crippen LogP contribution in [-0.4, -0.2) is 38.7 Å². The molecule has 0 fully saturated rings. The number of thiocarbonyl (C=S) groups is 1. The third-order valence-electron chi connectivity index (χ3n) is 5.30. The second kappa shape index (κ2) is 12.7. The first-order valence-electron chi connectivity index (χ1n) is 11.6. The predicted octanol–water partition coefficient (Wildman–Crippen LogP) is 5.39. The molecule has 4 aromatic rings. The Labute approximate surface area is 234 Å². The van der Waals surface area contributed by atoms with E-state index in [4.69, 9.17) is 21.7 Å². The molecule has 0 amide bonds. The summed E-state index contributed by atoms with van der Waals surface area (Å²) in [6, 6.07) is 23.4. The Morgan fingerprint density at radius 1 is 0.974 bits per heavy atom. The van der Waals surface area contributed by atoms with Gasteiger partial charge in [0.05, 0.1) is 12.0 Å². The molecule has 0 aliphatic carbocycles. The molecule has 13 heteroatoms. The van der Waals surface area contributed by atoms with E-state index in [0.717, 1.165) is 17.0 Å². The normalized spacial score (nSPS) is 11.0. The number of non-ortho nitro benzene ring substituents is 1. The molecular weight excluding hydrogens is 561 g/mol. The van der Waals surface area contributed by atoms with E-state index in [2.05, 4.69) is 15.4 Å². The fraction of sp³-hybridized carbons (Fsp3) is 0.115. The van der Waals surface area contributed by atoms with Crippen molar-refractivity contribution in [2.24, 2.45) is 0 Å². The van der Waals surface area contributed by atoms with Crippen LogP contribution in [0.15, 0.2) is 89.1 Å². The fourth-order valence-corrected chi connectivity index (χ4v) is 6.07. The SMILES string of the molecule is COc1cccc(NC(=S)NCCNS(=O)(=O)c2ccc(-c3ccccc3Oc3ccc([N+](=O)[O-])cc3)s2)c1. The lowest BCUT2D eigenvalue weighted by Gasteiger charge is -2.12. The minimum Gasteiger partial charge on any atom is -0.497 e. The molecule has 0 aliphatic rings. The number of hydrogen-bond donors (Lipinski definition) is 3. The van der Waals surface area contributed by atoms with Gasteiger partial charge in [-0.2, -0.15) is 0 Å². The minimum atomic E-state index is -3.75. The molecule has 39 heavy (non-hydrogen) atoms. The van der Waals surface area contributed by atoms with E-state index in [9.17, 15) is 18.5 Å². The molecule has 0 bridgehead atoms. The summed E-state index contributed by atoms with van der Waals surface area (Å²) >= 11 is 6.37. The van der Waals surface area contributed by atoms with Crippen LogP contribution in [0.1, 0.15) is 0 Å². The van der Waals surface area contributed by atoms with Gasteiger partial charge in [-0.1, -0.05) is 18.2 Å². The summed E-state index contributed by atoms with van der Waals surface area (Å²) in [4.78, 5) is 11.1. The van der Waals surface area contributed by atoms with E-state index in [1.54, 1.807) is 31.4 Å². The third kappa shape index (κ3) is 7.51. The van der Waals surface area contributed by atoms with E-state index in [1.807, 2.05) is 30.3 Å². The van der Waals surface area contributed by atoms with Crippen LogP contribution in [0.25, 0.3) is 10.4 Å². The average Bonchev–Trinajstić information content (AvgIpc) is 3.43. The van der Waals surface area contributed by atoms with Gasteiger partial charge in [0.25, 0.3) is 5.69 Å². The van der Waals surface area contributed by atoms with Gasteiger partial charge in [0.1, 0.15) is 21.5 Å². The first kappa shape index (κ1) is 28.0. The van der Waals surface area contributed by atoms with Crippen molar-refractivity contribution in [2.75, 3.05) is 25.5 Å². The summed E-state index contributed by atoms with van der Waals surface area (Å²) in [6.07, 6.45) is 0. The molecule has 1 heterocycles. The molecule has 3 aromatic carbocycles. The highest BCUT2D eigenvalue weighted by molar-refractivity contribution is 7.91. The molecule has 0 aliphatic heterocycles. The third-order valence-corrected chi connectivity index (χ3v) is 8.62. The molecular formula is C26H24N4O6S3. The van der Waals surface area contributed by atoms with Crippen molar-refractivity contribution in [3.63, 3.8) is 0 Å². The summed E-state index contributed by atoms with van der Waals surface area (Å²) in [5, 5.41) is 17.2. The van der Waals surface area contributed by atoms with Crippen molar-refractivity contribution in [1.82, 2.24) is 10.0 Å². The monoisotopic (exact) mass is 584 g/mol. The number of ether oxygens (including phenoxy) is 2. The summed E-state index contributed by atoms with van der Waals surface area (Å²) in [6.45, 7) is 0.397. The topological polar surface area (TPSA) is 132 Å². The van der Waals surface area contributed by atoms with E-state index in [-0.39, 0.29) is 23.0 Å². The van der Waals surface area contributed by atoms with Gasteiger partial charge in [0.2, 0.25) is 10.0 Å². The zero-order valence-corrected chi connectivity index (χ0v) is 23.1. The van der Waals surface area contributed by atoms with Crippen LogP contribution in [0, 0.1) is 10.1 Å². The van der Waals surface area contributed by atoms with Gasteiger partial charge in [0.15, 0.2) is 5.11 Å². The van der Waals surface area contributed by atoms with E-state index in [0.29, 0.717) is 32.8 Å². The van der Waals surface area contributed by atoms with E-state index < -0.39 is 14.9 Å². The Bertz CT molecular complexity index is 1570. The second-order valence-corrected chi connectivity index (χ2v) is 11.5. The number of rotatable bonds is 11. The highest BCUT2D eigenvalue weighted by atomic mass is 32.2. The Morgan fingerprint density at radius 3 is 2.49 bits per heavy atom. The first-order chi connectivity index (χ1) is 18.7. The molecule has 0 saturated carbocycles. The molecule has 3 N–H and O–H groups in total. The number of nitro benzene ring substituents is 1. The van der Waals surface area contributed by atoms with Crippen molar-refractivity contribution in [3.8, 4) is 27.7 Å². The number of benzene rings is 3. The van der Waals surface area contributed by atoms with Crippen LogP contribution in [-0.2, 0) is 10.0 Å². The molecule has 4 rings (SSSR count). The first-order valence-corrected chi connectivity index (χ1v) is 14.3. The van der Waals surface area contributed by atoms with Crippen molar-refractivity contribution < 1.29 is 22.8 Å². The summed E-state index contributed by atoms with van der Waals surface area (Å²) < 4.78 is 39.6. The predicted molar refractivity (Wildman–Crippen MR) is 155 cm³/mol. The van der Waals surface area contributed by atoms with Gasteiger partial charge in [-0.25, -0.2) is 13.1 Å². The van der Waals surface area contributed by atoms with E-state index in [1.165, 1.54) is 30.3 Å². The van der Waals surface area contributed by atoms with Crippen molar-refractivity contribution in [3.05, 3.63) is 95.0 Å². The van der Waals surface area contributed by atoms with Gasteiger partial charge in [-0.05, 0) is 60.7 Å².